The molecule has 0 aromatic heterocycles. The monoisotopic (exact) mass is 614 g/mol. The van der Waals surface area contributed by atoms with Crippen molar-refractivity contribution >= 4 is 5.97 Å². The molecule has 1 unspecified atom stereocenters. The Kier molecular flexibility index (Phi) is 9.50. The normalized spacial score (nSPS) is 16.3. The van der Waals surface area contributed by atoms with Gasteiger partial charge in [-0.3, -0.25) is 0 Å². The molecular formula is C15H9F19O4. The summed E-state index contributed by atoms with van der Waals surface area (Å²) in [5.74, 6) is -45.7. The molecule has 0 saturated heterocycles. The van der Waals surface area contributed by atoms with Gasteiger partial charge in [0.05, 0.1) is 6.61 Å². The molecular weight excluding hydrogens is 605 g/mol. The van der Waals surface area contributed by atoms with E-state index in [9.17, 15) is 88.2 Å². The number of halogens is 19. The van der Waals surface area contributed by atoms with Crippen LogP contribution >= 0.6 is 0 Å². The quantitative estimate of drug-likeness (QED) is 0.174. The Morgan fingerprint density at radius 3 is 1.32 bits per heavy atom. The minimum atomic E-state index is -9.14. The third kappa shape index (κ3) is 5.30. The fourth-order valence-corrected chi connectivity index (χ4v) is 2.08. The van der Waals surface area contributed by atoms with E-state index in [1.807, 2.05) is 0 Å². The van der Waals surface area contributed by atoms with Crippen molar-refractivity contribution in [1.29, 1.82) is 0 Å². The standard InChI is InChI=1S/C15H9F19O4/c1-2-6(36)37-3-5(35)4-38-15(33,34)12(25,26)11(23,24)10(21,22)9(19,20)8(17,18)7(16,13(27,28)29)14(30,31)32/h2,5,35H,1,3-4H2. The number of aliphatic hydroxyl groups is 1. The Balaban J connectivity index is 6.56. The van der Waals surface area contributed by atoms with Gasteiger partial charge in [-0.05, 0) is 0 Å². The van der Waals surface area contributed by atoms with E-state index in [2.05, 4.69) is 16.1 Å². The molecule has 0 aromatic rings. The predicted octanol–water partition coefficient (Wildman–Crippen LogP) is 5.70. The van der Waals surface area contributed by atoms with Gasteiger partial charge in [-0.25, -0.2) is 9.18 Å². The number of ether oxygens (including phenoxy) is 2. The maximum Gasteiger partial charge on any atom is 0.438 e. The highest BCUT2D eigenvalue weighted by Gasteiger charge is 2.98. The molecule has 0 fully saturated rings. The maximum absolute atomic E-state index is 13.6. The molecule has 0 rings (SSSR count). The van der Waals surface area contributed by atoms with Crippen molar-refractivity contribution in [3.8, 4) is 0 Å². The lowest BCUT2D eigenvalue weighted by Gasteiger charge is -2.44. The summed E-state index contributed by atoms with van der Waals surface area (Å²) in [4.78, 5) is 10.6. The van der Waals surface area contributed by atoms with Crippen molar-refractivity contribution < 1.29 is 103 Å². The van der Waals surface area contributed by atoms with Crippen molar-refractivity contribution in [3.63, 3.8) is 0 Å². The molecule has 0 radical (unpaired) electrons. The van der Waals surface area contributed by atoms with Gasteiger partial charge < -0.3 is 14.6 Å². The molecule has 38 heavy (non-hydrogen) atoms. The smallest absolute Gasteiger partial charge is 0.438 e. The Labute approximate surface area is 195 Å². The molecule has 0 heterocycles. The van der Waals surface area contributed by atoms with Gasteiger partial charge in [-0.15, -0.1) is 0 Å². The fraction of sp³-hybridized carbons (Fsp3) is 0.800. The Morgan fingerprint density at radius 1 is 0.632 bits per heavy atom. The molecule has 0 aliphatic rings. The van der Waals surface area contributed by atoms with Crippen LogP contribution in [0.15, 0.2) is 12.7 Å². The van der Waals surface area contributed by atoms with E-state index >= 15 is 0 Å². The second-order valence-electron chi connectivity index (χ2n) is 6.84. The Bertz CT molecular complexity index is 845. The zero-order valence-corrected chi connectivity index (χ0v) is 17.1. The van der Waals surface area contributed by atoms with Gasteiger partial charge in [-0.1, -0.05) is 6.58 Å². The van der Waals surface area contributed by atoms with Crippen LogP contribution in [0.25, 0.3) is 0 Å². The summed E-state index contributed by atoms with van der Waals surface area (Å²) in [6, 6.07) is 0. The molecule has 0 aromatic carbocycles. The van der Waals surface area contributed by atoms with E-state index < -0.39 is 79.0 Å². The average molecular weight is 614 g/mol. The number of aliphatic hydroxyl groups excluding tert-OH is 1. The van der Waals surface area contributed by atoms with Crippen molar-refractivity contribution in [3.05, 3.63) is 12.7 Å². The SMILES string of the molecule is C=CC(=O)OCC(O)COC(F)(F)C(F)(F)C(F)(F)C(F)(F)C(F)(F)C(F)(F)C(F)(C(F)(F)F)C(F)(F)F. The van der Waals surface area contributed by atoms with Crippen LogP contribution in [0, 0.1) is 0 Å². The first-order valence-corrected chi connectivity index (χ1v) is 8.55. The molecule has 0 bridgehead atoms. The fourth-order valence-electron chi connectivity index (χ4n) is 2.08. The average Bonchev–Trinajstić information content (AvgIpc) is 2.72. The number of alkyl halides is 19. The van der Waals surface area contributed by atoms with E-state index in [-0.39, 0.29) is 0 Å². The second-order valence-corrected chi connectivity index (χ2v) is 6.84. The van der Waals surface area contributed by atoms with Crippen molar-refractivity contribution in [2.45, 2.75) is 59.8 Å². The third-order valence-corrected chi connectivity index (χ3v) is 4.20. The summed E-state index contributed by atoms with van der Waals surface area (Å²) in [6.07, 6.45) is -26.3. The lowest BCUT2D eigenvalue weighted by atomic mass is 9.84. The van der Waals surface area contributed by atoms with Crippen LogP contribution in [0.1, 0.15) is 0 Å². The first-order chi connectivity index (χ1) is 16.3. The van der Waals surface area contributed by atoms with Crippen LogP contribution in [-0.2, 0) is 14.3 Å². The number of hydrogen-bond donors (Lipinski definition) is 1. The van der Waals surface area contributed by atoms with Gasteiger partial charge in [-0.2, -0.15) is 79.0 Å². The Hall–Kier alpha value is -2.20. The zero-order valence-electron chi connectivity index (χ0n) is 17.1. The zero-order chi connectivity index (χ0) is 31.2. The lowest BCUT2D eigenvalue weighted by Crippen LogP contribution is -2.77. The molecule has 4 nitrogen and oxygen atoms in total. The number of carbonyl (C=O) groups excluding carboxylic acids is 1. The minimum Gasteiger partial charge on any atom is -0.460 e. The first-order valence-electron chi connectivity index (χ1n) is 8.55. The Morgan fingerprint density at radius 2 is 0.974 bits per heavy atom. The maximum atomic E-state index is 13.6. The summed E-state index contributed by atoms with van der Waals surface area (Å²) in [7, 11) is 0. The summed E-state index contributed by atoms with van der Waals surface area (Å²) in [5, 5.41) is 9.04. The lowest BCUT2D eigenvalue weighted by molar-refractivity contribution is -0.484. The number of hydrogen-bond acceptors (Lipinski definition) is 4. The van der Waals surface area contributed by atoms with E-state index in [1.54, 1.807) is 0 Å². The minimum absolute atomic E-state index is 0.346. The largest absolute Gasteiger partial charge is 0.460 e. The molecule has 23 heteroatoms. The number of rotatable bonds is 12. The first kappa shape index (κ1) is 35.8. The van der Waals surface area contributed by atoms with E-state index in [1.165, 1.54) is 0 Å². The van der Waals surface area contributed by atoms with Crippen LogP contribution in [0.4, 0.5) is 83.4 Å². The van der Waals surface area contributed by atoms with E-state index in [0.29, 0.717) is 6.08 Å². The van der Waals surface area contributed by atoms with Crippen LogP contribution in [0.3, 0.4) is 0 Å². The topological polar surface area (TPSA) is 55.8 Å². The molecule has 0 amide bonds. The van der Waals surface area contributed by atoms with E-state index in [4.69, 9.17) is 5.11 Å². The molecule has 0 aliphatic carbocycles. The van der Waals surface area contributed by atoms with Gasteiger partial charge in [0, 0.05) is 6.08 Å². The van der Waals surface area contributed by atoms with Gasteiger partial charge in [0.25, 0.3) is 0 Å². The van der Waals surface area contributed by atoms with Crippen LogP contribution in [0.2, 0.25) is 0 Å². The highest BCUT2D eigenvalue weighted by Crippen LogP contribution is 2.66. The molecule has 0 spiro atoms. The molecule has 226 valence electrons. The second kappa shape index (κ2) is 10.1. The molecule has 1 N–H and O–H groups in total. The van der Waals surface area contributed by atoms with Gasteiger partial charge in [0.1, 0.15) is 12.7 Å². The van der Waals surface area contributed by atoms with Crippen LogP contribution in [-0.4, -0.2) is 84.1 Å². The van der Waals surface area contributed by atoms with E-state index in [0.717, 1.165) is 0 Å². The van der Waals surface area contributed by atoms with Gasteiger partial charge >= 0.3 is 59.7 Å². The third-order valence-electron chi connectivity index (χ3n) is 4.20. The number of carbonyl (C=O) groups is 1. The highest BCUT2D eigenvalue weighted by molar-refractivity contribution is 5.81. The predicted molar refractivity (Wildman–Crippen MR) is 78.7 cm³/mol. The summed E-state index contributed by atoms with van der Waals surface area (Å²) >= 11 is 0. The van der Waals surface area contributed by atoms with Gasteiger partial charge in [0.2, 0.25) is 0 Å². The van der Waals surface area contributed by atoms with Crippen molar-refractivity contribution in [1.82, 2.24) is 0 Å². The number of esters is 1. The van der Waals surface area contributed by atoms with Crippen molar-refractivity contribution in [2.75, 3.05) is 13.2 Å². The van der Waals surface area contributed by atoms with Crippen molar-refractivity contribution in [2.24, 2.45) is 0 Å². The summed E-state index contributed by atoms with van der Waals surface area (Å²) in [5.41, 5.74) is -8.82. The molecule has 0 saturated carbocycles. The summed E-state index contributed by atoms with van der Waals surface area (Å²) < 4.78 is 257. The summed E-state index contributed by atoms with van der Waals surface area (Å²) in [6.45, 7) is -1.16. The highest BCUT2D eigenvalue weighted by atomic mass is 19.4. The molecule has 1 atom stereocenters. The van der Waals surface area contributed by atoms with Crippen LogP contribution in [0.5, 0.6) is 0 Å². The van der Waals surface area contributed by atoms with Gasteiger partial charge in [0.15, 0.2) is 0 Å². The van der Waals surface area contributed by atoms with Crippen LogP contribution < -0.4 is 0 Å². The molecule has 0 aliphatic heterocycles.